The molecule has 1 aliphatic rings. The van der Waals surface area contributed by atoms with Crippen LogP contribution in [0.1, 0.15) is 19.8 Å². The highest BCUT2D eigenvalue weighted by atomic mass is 16.2. The molecule has 1 amide bonds. The predicted octanol–water partition coefficient (Wildman–Crippen LogP) is 0.204. The lowest BCUT2D eigenvalue weighted by Gasteiger charge is -2.31. The summed E-state index contributed by atoms with van der Waals surface area (Å²) < 4.78 is 0. The van der Waals surface area contributed by atoms with Gasteiger partial charge in [-0.15, -0.1) is 0 Å². The van der Waals surface area contributed by atoms with Gasteiger partial charge in [0.05, 0.1) is 0 Å². The summed E-state index contributed by atoms with van der Waals surface area (Å²) >= 11 is 0. The standard InChI is InChI=1S/C8H16N2O/c1-7(6-9)5-8(11)10-3-2-4-10/h7H,2-6,9H2,1H3. The molecule has 1 fully saturated rings. The van der Waals surface area contributed by atoms with E-state index in [4.69, 9.17) is 5.73 Å². The summed E-state index contributed by atoms with van der Waals surface area (Å²) in [5.41, 5.74) is 5.41. The Balaban J connectivity index is 2.19. The number of rotatable bonds is 3. The molecule has 64 valence electrons. The van der Waals surface area contributed by atoms with Gasteiger partial charge in [-0.2, -0.15) is 0 Å². The Bertz CT molecular complexity index is 143. The summed E-state index contributed by atoms with van der Waals surface area (Å²) in [4.78, 5) is 13.2. The quantitative estimate of drug-likeness (QED) is 0.634. The van der Waals surface area contributed by atoms with Gasteiger partial charge in [0.15, 0.2) is 0 Å². The van der Waals surface area contributed by atoms with Crippen LogP contribution in [0.2, 0.25) is 0 Å². The van der Waals surface area contributed by atoms with Crippen molar-refractivity contribution in [2.24, 2.45) is 11.7 Å². The Kier molecular flexibility index (Phi) is 2.88. The van der Waals surface area contributed by atoms with E-state index in [0.29, 0.717) is 18.9 Å². The van der Waals surface area contributed by atoms with Crippen molar-refractivity contribution in [2.75, 3.05) is 19.6 Å². The number of hydrogen-bond acceptors (Lipinski definition) is 2. The van der Waals surface area contributed by atoms with Gasteiger partial charge in [-0.05, 0) is 18.9 Å². The molecule has 11 heavy (non-hydrogen) atoms. The second kappa shape index (κ2) is 3.72. The van der Waals surface area contributed by atoms with Crippen molar-refractivity contribution in [3.05, 3.63) is 0 Å². The zero-order valence-electron chi connectivity index (χ0n) is 7.05. The normalized spacial score (nSPS) is 19.3. The zero-order chi connectivity index (χ0) is 8.27. The second-order valence-electron chi connectivity index (χ2n) is 3.28. The molecule has 0 aromatic heterocycles. The second-order valence-corrected chi connectivity index (χ2v) is 3.28. The van der Waals surface area contributed by atoms with Crippen molar-refractivity contribution >= 4 is 5.91 Å². The third-order valence-electron chi connectivity index (χ3n) is 2.13. The van der Waals surface area contributed by atoms with Crippen LogP contribution in [0, 0.1) is 5.92 Å². The van der Waals surface area contributed by atoms with Gasteiger partial charge >= 0.3 is 0 Å². The molecule has 0 aromatic rings. The summed E-state index contributed by atoms with van der Waals surface area (Å²) in [6, 6.07) is 0. The Hall–Kier alpha value is -0.570. The topological polar surface area (TPSA) is 46.3 Å². The number of likely N-dealkylation sites (tertiary alicyclic amines) is 1. The van der Waals surface area contributed by atoms with E-state index in [2.05, 4.69) is 0 Å². The highest BCUT2D eigenvalue weighted by Gasteiger charge is 2.20. The van der Waals surface area contributed by atoms with E-state index >= 15 is 0 Å². The third kappa shape index (κ3) is 2.19. The molecule has 3 heteroatoms. The van der Waals surface area contributed by atoms with Gasteiger partial charge in [-0.3, -0.25) is 4.79 Å². The Morgan fingerprint density at radius 1 is 1.64 bits per heavy atom. The van der Waals surface area contributed by atoms with Crippen LogP contribution >= 0.6 is 0 Å². The van der Waals surface area contributed by atoms with Crippen LogP contribution in [0.5, 0.6) is 0 Å². The van der Waals surface area contributed by atoms with Gasteiger partial charge in [0.25, 0.3) is 0 Å². The molecule has 0 bridgehead atoms. The third-order valence-corrected chi connectivity index (χ3v) is 2.13. The maximum Gasteiger partial charge on any atom is 0.222 e. The number of amides is 1. The van der Waals surface area contributed by atoms with Gasteiger partial charge in [-0.25, -0.2) is 0 Å². The fourth-order valence-corrected chi connectivity index (χ4v) is 1.08. The summed E-state index contributed by atoms with van der Waals surface area (Å²) in [5.74, 6) is 0.609. The minimum Gasteiger partial charge on any atom is -0.343 e. The van der Waals surface area contributed by atoms with Gasteiger partial charge < -0.3 is 10.6 Å². The van der Waals surface area contributed by atoms with E-state index in [1.165, 1.54) is 6.42 Å². The summed E-state index contributed by atoms with van der Waals surface area (Å²) in [6.45, 7) is 4.53. The molecule has 1 saturated heterocycles. The van der Waals surface area contributed by atoms with Crippen molar-refractivity contribution in [1.29, 1.82) is 0 Å². The lowest BCUT2D eigenvalue weighted by atomic mass is 10.1. The van der Waals surface area contributed by atoms with Crippen LogP contribution in [0.25, 0.3) is 0 Å². The molecule has 1 heterocycles. The first-order valence-electron chi connectivity index (χ1n) is 4.22. The van der Waals surface area contributed by atoms with Crippen LogP contribution in [-0.2, 0) is 4.79 Å². The molecule has 0 saturated carbocycles. The van der Waals surface area contributed by atoms with E-state index in [0.717, 1.165) is 13.1 Å². The molecule has 1 atom stereocenters. The van der Waals surface area contributed by atoms with Crippen molar-refractivity contribution in [2.45, 2.75) is 19.8 Å². The highest BCUT2D eigenvalue weighted by Crippen LogP contribution is 2.10. The molecular formula is C8H16N2O. The number of carbonyl (C=O) groups is 1. The lowest BCUT2D eigenvalue weighted by Crippen LogP contribution is -2.42. The van der Waals surface area contributed by atoms with Gasteiger partial charge in [0, 0.05) is 19.5 Å². The fourth-order valence-electron chi connectivity index (χ4n) is 1.08. The van der Waals surface area contributed by atoms with Crippen molar-refractivity contribution in [3.8, 4) is 0 Å². The van der Waals surface area contributed by atoms with E-state index in [9.17, 15) is 4.79 Å². The van der Waals surface area contributed by atoms with Crippen molar-refractivity contribution < 1.29 is 4.79 Å². The Morgan fingerprint density at radius 2 is 2.27 bits per heavy atom. The first-order valence-corrected chi connectivity index (χ1v) is 4.22. The minimum atomic E-state index is 0.272. The number of hydrogen-bond donors (Lipinski definition) is 1. The average Bonchev–Trinajstić information content (AvgIpc) is 1.83. The van der Waals surface area contributed by atoms with Crippen LogP contribution < -0.4 is 5.73 Å². The smallest absolute Gasteiger partial charge is 0.222 e. The molecule has 0 aliphatic carbocycles. The lowest BCUT2D eigenvalue weighted by molar-refractivity contribution is -0.135. The van der Waals surface area contributed by atoms with Crippen molar-refractivity contribution in [3.63, 3.8) is 0 Å². The largest absolute Gasteiger partial charge is 0.343 e. The van der Waals surface area contributed by atoms with E-state index < -0.39 is 0 Å². The molecule has 2 N–H and O–H groups in total. The van der Waals surface area contributed by atoms with Crippen LogP contribution in [0.3, 0.4) is 0 Å². The first-order chi connectivity index (χ1) is 5.24. The van der Waals surface area contributed by atoms with Gasteiger partial charge in [0.1, 0.15) is 0 Å². The monoisotopic (exact) mass is 156 g/mol. The molecule has 1 aliphatic heterocycles. The highest BCUT2D eigenvalue weighted by molar-refractivity contribution is 5.77. The maximum atomic E-state index is 11.3. The van der Waals surface area contributed by atoms with E-state index in [1.807, 2.05) is 11.8 Å². The molecule has 0 aromatic carbocycles. The van der Waals surface area contributed by atoms with Crippen LogP contribution in [0.15, 0.2) is 0 Å². The summed E-state index contributed by atoms with van der Waals surface area (Å²) in [6.07, 6.45) is 1.79. The first kappa shape index (κ1) is 8.53. The molecule has 1 unspecified atom stereocenters. The molecule has 0 radical (unpaired) electrons. The van der Waals surface area contributed by atoms with Crippen LogP contribution in [0.4, 0.5) is 0 Å². The molecule has 1 rings (SSSR count). The zero-order valence-corrected chi connectivity index (χ0v) is 7.05. The minimum absolute atomic E-state index is 0.272. The number of nitrogens with two attached hydrogens (primary N) is 1. The Labute approximate surface area is 67.5 Å². The number of carbonyl (C=O) groups excluding carboxylic acids is 1. The van der Waals surface area contributed by atoms with E-state index in [1.54, 1.807) is 0 Å². The SMILES string of the molecule is CC(CN)CC(=O)N1CCC1. The average molecular weight is 156 g/mol. The van der Waals surface area contributed by atoms with Crippen LogP contribution in [-0.4, -0.2) is 30.4 Å². The van der Waals surface area contributed by atoms with E-state index in [-0.39, 0.29) is 5.91 Å². The molecule has 3 nitrogen and oxygen atoms in total. The summed E-state index contributed by atoms with van der Waals surface area (Å²) in [5, 5.41) is 0. The van der Waals surface area contributed by atoms with Gasteiger partial charge in [-0.1, -0.05) is 6.92 Å². The Morgan fingerprint density at radius 3 is 2.64 bits per heavy atom. The number of nitrogens with zero attached hydrogens (tertiary/aromatic N) is 1. The predicted molar refractivity (Wildman–Crippen MR) is 44.0 cm³/mol. The summed E-state index contributed by atoms with van der Waals surface area (Å²) in [7, 11) is 0. The van der Waals surface area contributed by atoms with Crippen molar-refractivity contribution in [1.82, 2.24) is 4.90 Å². The van der Waals surface area contributed by atoms with Gasteiger partial charge in [0.2, 0.25) is 5.91 Å². The molecule has 0 spiro atoms. The maximum absolute atomic E-state index is 11.3. The fraction of sp³-hybridized carbons (Fsp3) is 0.875. The molecular weight excluding hydrogens is 140 g/mol.